The van der Waals surface area contributed by atoms with E-state index >= 15 is 0 Å². The molecule has 0 aromatic heterocycles. The molecule has 0 aromatic rings. The lowest BCUT2D eigenvalue weighted by Gasteiger charge is -2.28. The lowest BCUT2D eigenvalue weighted by Crippen LogP contribution is -2.43. The Hall–Kier alpha value is -1.30. The number of carbonyl (C=O) groups excluding carboxylic acids is 1. The van der Waals surface area contributed by atoms with E-state index in [4.69, 9.17) is 9.47 Å². The first-order valence-electron chi connectivity index (χ1n) is 7.34. The Morgan fingerprint density at radius 1 is 1.30 bits per heavy atom. The van der Waals surface area contributed by atoms with Crippen molar-refractivity contribution in [3.63, 3.8) is 0 Å². The first kappa shape index (κ1) is 16.8. The Morgan fingerprint density at radius 3 is 2.45 bits per heavy atom. The number of amides is 1. The van der Waals surface area contributed by atoms with Gasteiger partial charge in [0.25, 0.3) is 0 Å². The van der Waals surface area contributed by atoms with Gasteiger partial charge in [0.1, 0.15) is 0 Å². The van der Waals surface area contributed by atoms with Crippen LogP contribution in [0.5, 0.6) is 0 Å². The van der Waals surface area contributed by atoms with Gasteiger partial charge in [0, 0.05) is 13.1 Å². The molecule has 0 saturated carbocycles. The maximum atomic E-state index is 11.9. The summed E-state index contributed by atoms with van der Waals surface area (Å²) in [5.74, 6) is -0.792. The zero-order chi connectivity index (χ0) is 15.0. The van der Waals surface area contributed by atoms with Gasteiger partial charge < -0.3 is 19.5 Å². The molecule has 0 radical (unpaired) electrons. The van der Waals surface area contributed by atoms with Gasteiger partial charge >= 0.3 is 12.1 Å². The molecule has 2 atom stereocenters. The minimum absolute atomic E-state index is 0.276. The highest BCUT2D eigenvalue weighted by Gasteiger charge is 2.28. The van der Waals surface area contributed by atoms with Crippen molar-refractivity contribution < 1.29 is 24.2 Å². The SMILES string of the molecule is CCCC(CC)CC(OC(=O)N1CCOCC1)C(=O)O. The average molecular weight is 287 g/mol. The number of nitrogens with zero attached hydrogens (tertiary/aromatic N) is 1. The summed E-state index contributed by atoms with van der Waals surface area (Å²) in [5, 5.41) is 9.21. The molecule has 20 heavy (non-hydrogen) atoms. The van der Waals surface area contributed by atoms with Gasteiger partial charge in [-0.25, -0.2) is 9.59 Å². The lowest BCUT2D eigenvalue weighted by molar-refractivity contribution is -0.148. The maximum Gasteiger partial charge on any atom is 0.410 e. The molecular weight excluding hydrogens is 262 g/mol. The summed E-state index contributed by atoms with van der Waals surface area (Å²) in [5.41, 5.74) is 0. The number of carboxylic acids is 1. The molecule has 6 nitrogen and oxygen atoms in total. The number of morpholine rings is 1. The Labute approximate surface area is 120 Å². The first-order chi connectivity index (χ1) is 9.58. The zero-order valence-electron chi connectivity index (χ0n) is 12.3. The molecular formula is C14H25NO5. The molecule has 2 unspecified atom stereocenters. The molecule has 116 valence electrons. The van der Waals surface area contributed by atoms with Gasteiger partial charge in [-0.3, -0.25) is 0 Å². The van der Waals surface area contributed by atoms with Crippen LogP contribution in [0.4, 0.5) is 4.79 Å². The normalized spacial score (nSPS) is 18.4. The number of carboxylic acid groups (broad SMARTS) is 1. The molecule has 0 bridgehead atoms. The fraction of sp³-hybridized carbons (Fsp3) is 0.857. The van der Waals surface area contributed by atoms with E-state index in [-0.39, 0.29) is 5.92 Å². The summed E-state index contributed by atoms with van der Waals surface area (Å²) < 4.78 is 10.3. The molecule has 1 fully saturated rings. The number of hydrogen-bond acceptors (Lipinski definition) is 4. The van der Waals surface area contributed by atoms with Crippen LogP contribution in [-0.4, -0.2) is 54.5 Å². The maximum absolute atomic E-state index is 11.9. The Balaban J connectivity index is 2.52. The lowest BCUT2D eigenvalue weighted by atomic mass is 9.94. The molecule has 1 rings (SSSR count). The van der Waals surface area contributed by atoms with Crippen molar-refractivity contribution in [2.45, 2.75) is 45.6 Å². The third-order valence-corrected chi connectivity index (χ3v) is 3.61. The second-order valence-electron chi connectivity index (χ2n) is 5.11. The predicted octanol–water partition coefficient (Wildman–Crippen LogP) is 2.12. The molecule has 1 heterocycles. The topological polar surface area (TPSA) is 76.1 Å². The van der Waals surface area contributed by atoms with Crippen LogP contribution in [0.2, 0.25) is 0 Å². The van der Waals surface area contributed by atoms with Crippen molar-refractivity contribution in [2.24, 2.45) is 5.92 Å². The van der Waals surface area contributed by atoms with Crippen LogP contribution in [0.3, 0.4) is 0 Å². The van der Waals surface area contributed by atoms with Crippen LogP contribution in [0, 0.1) is 5.92 Å². The van der Waals surface area contributed by atoms with Gasteiger partial charge in [-0.05, 0) is 12.3 Å². The van der Waals surface area contributed by atoms with Crippen LogP contribution in [0.25, 0.3) is 0 Å². The average Bonchev–Trinajstić information content (AvgIpc) is 2.46. The molecule has 1 aliphatic rings. The van der Waals surface area contributed by atoms with Gasteiger partial charge in [0.2, 0.25) is 6.10 Å². The molecule has 1 saturated heterocycles. The highest BCUT2D eigenvalue weighted by molar-refractivity contribution is 5.77. The smallest absolute Gasteiger partial charge is 0.410 e. The van der Waals surface area contributed by atoms with E-state index < -0.39 is 18.2 Å². The van der Waals surface area contributed by atoms with Crippen LogP contribution < -0.4 is 0 Å². The number of rotatable bonds is 7. The van der Waals surface area contributed by atoms with Gasteiger partial charge in [-0.2, -0.15) is 0 Å². The molecule has 1 amide bonds. The molecule has 0 spiro atoms. The highest BCUT2D eigenvalue weighted by atomic mass is 16.6. The van der Waals surface area contributed by atoms with Crippen molar-refractivity contribution >= 4 is 12.1 Å². The predicted molar refractivity (Wildman–Crippen MR) is 73.6 cm³/mol. The summed E-state index contributed by atoms with van der Waals surface area (Å²) in [6.45, 7) is 5.95. The summed E-state index contributed by atoms with van der Waals surface area (Å²) in [7, 11) is 0. The van der Waals surface area contributed by atoms with Crippen molar-refractivity contribution in [3.8, 4) is 0 Å². The monoisotopic (exact) mass is 287 g/mol. The van der Waals surface area contributed by atoms with Gasteiger partial charge in [0.05, 0.1) is 13.2 Å². The zero-order valence-corrected chi connectivity index (χ0v) is 12.3. The van der Waals surface area contributed by atoms with E-state index in [0.717, 1.165) is 19.3 Å². The first-order valence-corrected chi connectivity index (χ1v) is 7.34. The number of carbonyl (C=O) groups is 2. The van der Waals surface area contributed by atoms with Crippen molar-refractivity contribution in [3.05, 3.63) is 0 Å². The highest BCUT2D eigenvalue weighted by Crippen LogP contribution is 2.20. The number of hydrogen-bond donors (Lipinski definition) is 1. The quantitative estimate of drug-likeness (QED) is 0.776. The van der Waals surface area contributed by atoms with Gasteiger partial charge in [0.15, 0.2) is 0 Å². The van der Waals surface area contributed by atoms with Crippen LogP contribution in [0.1, 0.15) is 39.5 Å². The Bertz CT molecular complexity index is 315. The van der Waals surface area contributed by atoms with E-state index in [9.17, 15) is 14.7 Å². The minimum Gasteiger partial charge on any atom is -0.479 e. The fourth-order valence-corrected chi connectivity index (χ4v) is 2.34. The van der Waals surface area contributed by atoms with Crippen molar-refractivity contribution in [2.75, 3.05) is 26.3 Å². The van der Waals surface area contributed by atoms with Crippen LogP contribution in [0.15, 0.2) is 0 Å². The second-order valence-corrected chi connectivity index (χ2v) is 5.11. The number of aliphatic carboxylic acids is 1. The van der Waals surface area contributed by atoms with Crippen LogP contribution in [-0.2, 0) is 14.3 Å². The molecule has 1 N–H and O–H groups in total. The largest absolute Gasteiger partial charge is 0.479 e. The van der Waals surface area contributed by atoms with E-state index in [1.165, 1.54) is 4.90 Å². The van der Waals surface area contributed by atoms with E-state index in [2.05, 4.69) is 6.92 Å². The molecule has 6 heteroatoms. The Morgan fingerprint density at radius 2 is 1.95 bits per heavy atom. The fourth-order valence-electron chi connectivity index (χ4n) is 2.34. The third-order valence-electron chi connectivity index (χ3n) is 3.61. The standard InChI is InChI=1S/C14H25NO5/c1-3-5-11(4-2)10-12(13(16)17)20-14(18)15-6-8-19-9-7-15/h11-12H,3-10H2,1-2H3,(H,16,17). The van der Waals surface area contributed by atoms with Crippen LogP contribution >= 0.6 is 0 Å². The molecule has 0 aromatic carbocycles. The van der Waals surface area contributed by atoms with Gasteiger partial charge in [-0.1, -0.05) is 33.1 Å². The summed E-state index contributed by atoms with van der Waals surface area (Å²) in [6.07, 6.45) is 1.63. The summed E-state index contributed by atoms with van der Waals surface area (Å²) in [6, 6.07) is 0. The Kier molecular flexibility index (Phi) is 7.36. The number of ether oxygens (including phenoxy) is 2. The van der Waals surface area contributed by atoms with Crippen molar-refractivity contribution in [1.82, 2.24) is 4.90 Å². The summed E-state index contributed by atoms with van der Waals surface area (Å²) in [4.78, 5) is 24.7. The summed E-state index contributed by atoms with van der Waals surface area (Å²) >= 11 is 0. The second kappa shape index (κ2) is 8.79. The van der Waals surface area contributed by atoms with E-state index in [1.807, 2.05) is 6.92 Å². The van der Waals surface area contributed by atoms with Gasteiger partial charge in [-0.15, -0.1) is 0 Å². The van der Waals surface area contributed by atoms with E-state index in [1.54, 1.807) is 0 Å². The van der Waals surface area contributed by atoms with Crippen molar-refractivity contribution in [1.29, 1.82) is 0 Å². The minimum atomic E-state index is -1.07. The molecule has 1 aliphatic heterocycles. The third kappa shape index (κ3) is 5.36. The molecule has 0 aliphatic carbocycles. The van der Waals surface area contributed by atoms with E-state index in [0.29, 0.717) is 32.7 Å².